The van der Waals surface area contributed by atoms with E-state index in [9.17, 15) is 27.9 Å². The molecule has 0 spiro atoms. The molecule has 0 aliphatic rings. The maximum Gasteiger partial charge on any atom is 0.573 e. The minimum Gasteiger partial charge on any atom is -0.479 e. The summed E-state index contributed by atoms with van der Waals surface area (Å²) in [6.07, 6.45) is -7.44. The van der Waals surface area contributed by atoms with E-state index in [4.69, 9.17) is 16.7 Å². The van der Waals surface area contributed by atoms with Gasteiger partial charge in [0.25, 0.3) is 0 Å². The Kier molecular flexibility index (Phi) is 5.19. The summed E-state index contributed by atoms with van der Waals surface area (Å²) in [7, 11) is 0. The highest BCUT2D eigenvalue weighted by Crippen LogP contribution is 2.35. The van der Waals surface area contributed by atoms with E-state index in [-0.39, 0.29) is 0 Å². The van der Waals surface area contributed by atoms with Crippen molar-refractivity contribution in [2.75, 3.05) is 0 Å². The van der Waals surface area contributed by atoms with Crippen molar-refractivity contribution in [1.82, 2.24) is 0 Å². The van der Waals surface area contributed by atoms with Crippen molar-refractivity contribution >= 4 is 23.4 Å². The Morgan fingerprint density at radius 2 is 1.90 bits per heavy atom. The Morgan fingerprint density at radius 1 is 1.33 bits per heavy atom. The Balaban J connectivity index is 3.48. The standard InChI is InChI=1S/C12H10ClF3O5/c1-5(13)8(17)6-3-2-4-7(9(18)11(19)20)10(6)21-12(14,15)16/h2-5,9,18H,1H3,(H,19,20). The largest absolute Gasteiger partial charge is 0.573 e. The van der Waals surface area contributed by atoms with Crippen LogP contribution in [0, 0.1) is 0 Å². The van der Waals surface area contributed by atoms with Crippen LogP contribution in [0.25, 0.3) is 0 Å². The summed E-state index contributed by atoms with van der Waals surface area (Å²) >= 11 is 5.54. The summed E-state index contributed by atoms with van der Waals surface area (Å²) in [6, 6.07) is 3.03. The molecule has 0 aromatic heterocycles. The number of carboxylic acid groups (broad SMARTS) is 1. The van der Waals surface area contributed by atoms with Crippen molar-refractivity contribution < 1.29 is 37.7 Å². The number of ketones is 1. The summed E-state index contributed by atoms with van der Waals surface area (Å²) < 4.78 is 41.0. The minimum atomic E-state index is -5.17. The maximum absolute atomic E-state index is 12.4. The van der Waals surface area contributed by atoms with Gasteiger partial charge in [0, 0.05) is 5.56 Å². The predicted octanol–water partition coefficient (Wildman–Crippen LogP) is 2.51. The zero-order valence-electron chi connectivity index (χ0n) is 10.5. The number of aliphatic carboxylic acids is 1. The molecule has 0 heterocycles. The summed E-state index contributed by atoms with van der Waals surface area (Å²) in [5, 5.41) is 17.0. The van der Waals surface area contributed by atoms with Crippen molar-refractivity contribution in [3.8, 4) is 5.75 Å². The molecule has 1 rings (SSSR count). The number of hydrogen-bond donors (Lipinski definition) is 2. The summed E-state index contributed by atoms with van der Waals surface area (Å²) in [5.41, 5.74) is -1.25. The molecule has 21 heavy (non-hydrogen) atoms. The fraction of sp³-hybridized carbons (Fsp3) is 0.333. The van der Waals surface area contributed by atoms with Crippen molar-refractivity contribution in [2.24, 2.45) is 0 Å². The van der Waals surface area contributed by atoms with E-state index < -0.39 is 46.5 Å². The van der Waals surface area contributed by atoms with Crippen molar-refractivity contribution in [2.45, 2.75) is 24.8 Å². The number of ether oxygens (including phenoxy) is 1. The molecule has 2 atom stereocenters. The molecule has 0 amide bonds. The molecule has 0 fully saturated rings. The van der Waals surface area contributed by atoms with Gasteiger partial charge in [-0.2, -0.15) is 0 Å². The van der Waals surface area contributed by atoms with Crippen LogP contribution < -0.4 is 4.74 Å². The molecular weight excluding hydrogens is 317 g/mol. The number of hydrogen-bond acceptors (Lipinski definition) is 4. The zero-order chi connectivity index (χ0) is 16.4. The summed E-state index contributed by atoms with van der Waals surface area (Å²) in [5.74, 6) is -3.75. The quantitative estimate of drug-likeness (QED) is 0.641. The van der Waals surface area contributed by atoms with Gasteiger partial charge in [-0.05, 0) is 13.0 Å². The Hall–Kier alpha value is -1.80. The van der Waals surface area contributed by atoms with E-state index in [1.165, 1.54) is 6.92 Å². The fourth-order valence-corrected chi connectivity index (χ4v) is 1.66. The van der Waals surface area contributed by atoms with Gasteiger partial charge >= 0.3 is 12.3 Å². The minimum absolute atomic E-state index is 0.562. The van der Waals surface area contributed by atoms with Gasteiger partial charge in [-0.15, -0.1) is 24.8 Å². The Labute approximate surface area is 121 Å². The molecule has 1 aromatic rings. The number of carbonyl (C=O) groups is 2. The first kappa shape index (κ1) is 17.3. The van der Waals surface area contributed by atoms with Gasteiger partial charge < -0.3 is 14.9 Å². The number of aliphatic hydroxyl groups is 1. The lowest BCUT2D eigenvalue weighted by molar-refractivity contribution is -0.275. The van der Waals surface area contributed by atoms with Gasteiger partial charge in [0.05, 0.1) is 10.9 Å². The second-order valence-electron chi connectivity index (χ2n) is 3.99. The van der Waals surface area contributed by atoms with Crippen LogP contribution in [-0.2, 0) is 4.79 Å². The van der Waals surface area contributed by atoms with E-state index in [1.807, 2.05) is 0 Å². The van der Waals surface area contributed by atoms with Crippen molar-refractivity contribution in [3.63, 3.8) is 0 Å². The third kappa shape index (κ3) is 4.33. The van der Waals surface area contributed by atoms with E-state index in [2.05, 4.69) is 4.74 Å². The number of carboxylic acids is 1. The van der Waals surface area contributed by atoms with Crippen LogP contribution in [0.5, 0.6) is 5.75 Å². The Bertz CT molecular complexity index is 556. The molecule has 2 unspecified atom stereocenters. The van der Waals surface area contributed by atoms with Crippen molar-refractivity contribution in [3.05, 3.63) is 29.3 Å². The lowest BCUT2D eigenvalue weighted by Gasteiger charge is -2.18. The van der Waals surface area contributed by atoms with E-state index >= 15 is 0 Å². The highest BCUT2D eigenvalue weighted by Gasteiger charge is 2.36. The molecule has 116 valence electrons. The third-order valence-corrected chi connectivity index (χ3v) is 2.62. The van der Waals surface area contributed by atoms with Crippen LogP contribution >= 0.6 is 11.6 Å². The predicted molar refractivity (Wildman–Crippen MR) is 65.4 cm³/mol. The number of rotatable bonds is 5. The van der Waals surface area contributed by atoms with Gasteiger partial charge in [-0.25, -0.2) is 4.79 Å². The molecule has 0 bridgehead atoms. The highest BCUT2D eigenvalue weighted by molar-refractivity contribution is 6.34. The number of carbonyl (C=O) groups excluding carboxylic acids is 1. The van der Waals surface area contributed by atoms with Crippen LogP contribution in [-0.4, -0.2) is 33.7 Å². The van der Waals surface area contributed by atoms with Gasteiger partial charge in [0.2, 0.25) is 0 Å². The molecule has 5 nitrogen and oxygen atoms in total. The molecule has 1 aromatic carbocycles. The molecular formula is C12H10ClF3O5. The van der Waals surface area contributed by atoms with Crippen molar-refractivity contribution in [1.29, 1.82) is 0 Å². The second-order valence-corrected chi connectivity index (χ2v) is 4.65. The lowest BCUT2D eigenvalue weighted by atomic mass is 10.00. The van der Waals surface area contributed by atoms with Crippen LogP contribution in [0.15, 0.2) is 18.2 Å². The highest BCUT2D eigenvalue weighted by atomic mass is 35.5. The molecule has 9 heteroatoms. The normalized spacial score (nSPS) is 14.4. The van der Waals surface area contributed by atoms with Gasteiger partial charge in [0.15, 0.2) is 11.9 Å². The average molecular weight is 327 g/mol. The van der Waals surface area contributed by atoms with Crippen LogP contribution in [0.3, 0.4) is 0 Å². The molecule has 0 aliphatic carbocycles. The van der Waals surface area contributed by atoms with Gasteiger partial charge in [0.1, 0.15) is 5.75 Å². The first-order valence-electron chi connectivity index (χ1n) is 5.52. The monoisotopic (exact) mass is 326 g/mol. The second kappa shape index (κ2) is 6.31. The SMILES string of the molecule is CC(Cl)C(=O)c1cccc(C(O)C(=O)O)c1OC(F)(F)F. The van der Waals surface area contributed by atoms with Gasteiger partial charge in [-0.3, -0.25) is 4.79 Å². The first-order valence-corrected chi connectivity index (χ1v) is 5.96. The Morgan fingerprint density at radius 3 is 2.33 bits per heavy atom. The fourth-order valence-electron chi connectivity index (χ4n) is 1.54. The number of alkyl halides is 4. The maximum atomic E-state index is 12.4. The number of para-hydroxylation sites is 1. The smallest absolute Gasteiger partial charge is 0.479 e. The topological polar surface area (TPSA) is 83.8 Å². The average Bonchev–Trinajstić information content (AvgIpc) is 2.35. The zero-order valence-corrected chi connectivity index (χ0v) is 11.3. The summed E-state index contributed by atoms with van der Waals surface area (Å²) in [6.45, 7) is 1.24. The lowest BCUT2D eigenvalue weighted by Crippen LogP contribution is -2.23. The molecule has 2 N–H and O–H groups in total. The molecule has 0 radical (unpaired) electrons. The molecule has 0 aliphatic heterocycles. The number of benzene rings is 1. The van der Waals surface area contributed by atoms with Crippen LogP contribution in [0.1, 0.15) is 28.9 Å². The number of Topliss-reactive ketones (excluding diaryl/α,β-unsaturated/α-hetero) is 1. The number of halogens is 4. The first-order chi connectivity index (χ1) is 9.54. The van der Waals surface area contributed by atoms with E-state index in [0.717, 1.165) is 18.2 Å². The molecule has 0 saturated heterocycles. The summed E-state index contributed by atoms with van der Waals surface area (Å²) in [4.78, 5) is 22.5. The third-order valence-electron chi connectivity index (χ3n) is 2.42. The van der Waals surface area contributed by atoms with Crippen LogP contribution in [0.2, 0.25) is 0 Å². The number of aliphatic hydroxyl groups excluding tert-OH is 1. The van der Waals surface area contributed by atoms with E-state index in [0.29, 0.717) is 0 Å². The van der Waals surface area contributed by atoms with Crippen LogP contribution in [0.4, 0.5) is 13.2 Å². The van der Waals surface area contributed by atoms with Gasteiger partial charge in [-0.1, -0.05) is 12.1 Å². The van der Waals surface area contributed by atoms with E-state index in [1.54, 1.807) is 0 Å². The molecule has 0 saturated carbocycles.